The van der Waals surface area contributed by atoms with Gasteiger partial charge >= 0.3 is 0 Å². The first-order valence-corrected chi connectivity index (χ1v) is 28.8. The highest BCUT2D eigenvalue weighted by molar-refractivity contribution is 8.00. The number of guanidine groups is 1. The number of aliphatic imine (C=N–C) groups is 1. The number of hydrogen-bond acceptors (Lipinski definition) is 16. The van der Waals surface area contributed by atoms with E-state index in [0.29, 0.717) is 122 Å². The summed E-state index contributed by atoms with van der Waals surface area (Å²) in [4.78, 5) is 109. The van der Waals surface area contributed by atoms with Crippen LogP contribution in [0.3, 0.4) is 0 Å². The minimum atomic E-state index is -0.762. The van der Waals surface area contributed by atoms with Gasteiger partial charge in [0.15, 0.2) is 11.7 Å². The van der Waals surface area contributed by atoms with E-state index in [1.54, 1.807) is 12.1 Å². The average molecular weight is 1080 g/mol. The van der Waals surface area contributed by atoms with Gasteiger partial charge in [0.25, 0.3) is 0 Å². The Hall–Kier alpha value is -4.61. The number of rotatable bonds is 33. The number of phenols is 1. The number of benzene rings is 1. The number of primary amides is 1. The zero-order chi connectivity index (χ0) is 54.5. The number of ketones is 4. The number of nitrogens with zero attached hydrogens (tertiary/aromatic N) is 1. The fourth-order valence-corrected chi connectivity index (χ4v) is 9.57. The number of nitrogens with two attached hydrogens (primary N) is 3. The summed E-state index contributed by atoms with van der Waals surface area (Å²) in [6, 6.07) is 4.31. The molecule has 0 aliphatic carbocycles. The first-order chi connectivity index (χ1) is 35.5. The highest BCUT2D eigenvalue weighted by atomic mass is 32.2. The molecule has 1 heterocycles. The summed E-state index contributed by atoms with van der Waals surface area (Å²) in [6.07, 6.45) is 8.19. The van der Waals surface area contributed by atoms with Crippen molar-refractivity contribution in [1.29, 1.82) is 0 Å². The van der Waals surface area contributed by atoms with Crippen LogP contribution in [0.5, 0.6) is 5.75 Å². The zero-order valence-electron chi connectivity index (χ0n) is 44.1. The van der Waals surface area contributed by atoms with E-state index in [9.17, 15) is 43.5 Å². The lowest BCUT2D eigenvalue weighted by Gasteiger charge is -2.25. The number of ether oxygens (including phenoxy) is 2. The first-order valence-electron chi connectivity index (χ1n) is 26.3. The van der Waals surface area contributed by atoms with Crippen LogP contribution in [-0.4, -0.2) is 159 Å². The molecule has 0 unspecified atom stereocenters. The molecule has 1 fully saturated rings. The Morgan fingerprint density at radius 2 is 1.64 bits per heavy atom. The molecule has 418 valence electrons. The van der Waals surface area contributed by atoms with Crippen molar-refractivity contribution in [2.75, 3.05) is 82.7 Å². The van der Waals surface area contributed by atoms with Crippen molar-refractivity contribution in [2.24, 2.45) is 39.9 Å². The molecular formula is C52H87N9O11S2. The Morgan fingerprint density at radius 1 is 0.892 bits per heavy atom. The van der Waals surface area contributed by atoms with Crippen LogP contribution in [0, 0.1) is 17.8 Å². The maximum atomic E-state index is 14.2. The van der Waals surface area contributed by atoms with Crippen molar-refractivity contribution >= 4 is 76.2 Å². The summed E-state index contributed by atoms with van der Waals surface area (Å²) in [5.41, 5.74) is 17.7. The van der Waals surface area contributed by atoms with Crippen molar-refractivity contribution in [2.45, 2.75) is 135 Å². The Balaban J connectivity index is 2.15. The van der Waals surface area contributed by atoms with Crippen LogP contribution in [0.4, 0.5) is 0 Å². The van der Waals surface area contributed by atoms with Crippen molar-refractivity contribution < 1.29 is 52.9 Å². The van der Waals surface area contributed by atoms with E-state index in [4.69, 9.17) is 26.7 Å². The molecular weight excluding hydrogens is 991 g/mol. The topological polar surface area (TPSA) is 326 Å². The van der Waals surface area contributed by atoms with E-state index >= 15 is 0 Å². The zero-order valence-corrected chi connectivity index (χ0v) is 45.7. The van der Waals surface area contributed by atoms with E-state index in [2.05, 4.69) is 31.6 Å². The fraction of sp³-hybridized carbons (Fsp3) is 0.712. The molecule has 0 bridgehead atoms. The standard InChI is InChI=1S/C52H87N9O11S2/c1-4-36(2)50-45(65)19-15-39(10-5-6-23-56-47(67)21-27-72-29-28-71-26-8-11-41(63)34-73-3)46(66)33-60-42(22-30-74-35-49(69)57-25-20-48(68)61-50)44(64)18-14-38(9-7-24-58-52(54)55)32-59-43(51(53)70)31-37-12-16-40(62)17-13-37/h12-13,16-17,36,38-39,42-43,50,59-60,62H,4-11,14-15,18-35H2,1-3H3,(H2,53,70)(H,56,67)(H,57,69)(H,61,68)(H4,54,55,58)/t36-,38+,39+,42-,43-,50-/m0/s1. The largest absolute Gasteiger partial charge is 0.508 e. The Kier molecular flexibility index (Phi) is 35.2. The molecule has 20 nitrogen and oxygen atoms in total. The third kappa shape index (κ3) is 30.7. The Morgan fingerprint density at radius 3 is 2.34 bits per heavy atom. The second-order valence-corrected chi connectivity index (χ2v) is 20.9. The van der Waals surface area contributed by atoms with Crippen LogP contribution in [0.25, 0.3) is 0 Å². The van der Waals surface area contributed by atoms with Crippen LogP contribution < -0.4 is 43.8 Å². The summed E-state index contributed by atoms with van der Waals surface area (Å²) in [5, 5.41) is 24.8. The molecule has 1 aliphatic rings. The van der Waals surface area contributed by atoms with Crippen LogP contribution in [0.2, 0.25) is 0 Å². The number of phenolic OH excluding ortho intramolecular Hbond substituents is 1. The third-order valence-corrected chi connectivity index (χ3v) is 14.5. The summed E-state index contributed by atoms with van der Waals surface area (Å²) < 4.78 is 11.0. The molecule has 0 radical (unpaired) electrons. The molecule has 0 saturated carbocycles. The van der Waals surface area contributed by atoms with Gasteiger partial charge in [-0.2, -0.15) is 23.5 Å². The normalized spacial score (nSPS) is 18.9. The molecule has 1 saturated heterocycles. The monoisotopic (exact) mass is 1080 g/mol. The van der Waals surface area contributed by atoms with Gasteiger partial charge in [0, 0.05) is 64.3 Å². The molecule has 12 N–H and O–H groups in total. The maximum absolute atomic E-state index is 14.2. The highest BCUT2D eigenvalue weighted by Crippen LogP contribution is 2.21. The Labute approximate surface area is 446 Å². The van der Waals surface area contributed by atoms with Gasteiger partial charge in [0.1, 0.15) is 23.1 Å². The first kappa shape index (κ1) is 65.5. The number of amides is 4. The van der Waals surface area contributed by atoms with E-state index in [-0.39, 0.29) is 122 Å². The van der Waals surface area contributed by atoms with E-state index < -0.39 is 30.0 Å². The summed E-state index contributed by atoms with van der Waals surface area (Å²) in [7, 11) is 0. The van der Waals surface area contributed by atoms with E-state index in [1.165, 1.54) is 35.7 Å². The molecule has 1 aromatic carbocycles. The smallest absolute Gasteiger partial charge is 0.234 e. The van der Waals surface area contributed by atoms with Gasteiger partial charge in [-0.25, -0.2) is 0 Å². The van der Waals surface area contributed by atoms with Gasteiger partial charge in [-0.1, -0.05) is 38.8 Å². The molecule has 74 heavy (non-hydrogen) atoms. The summed E-state index contributed by atoms with van der Waals surface area (Å²) in [6.45, 7) is 6.32. The van der Waals surface area contributed by atoms with Gasteiger partial charge in [-0.15, -0.1) is 0 Å². The molecule has 1 aromatic rings. The fourth-order valence-electron chi connectivity index (χ4n) is 8.27. The van der Waals surface area contributed by atoms with Crippen molar-refractivity contribution in [3.63, 3.8) is 0 Å². The van der Waals surface area contributed by atoms with Gasteiger partial charge in [0.2, 0.25) is 23.6 Å². The molecule has 22 heteroatoms. The number of aromatic hydroxyl groups is 1. The number of Topliss-reactive ketones (excluding diaryl/α,β-unsaturated/α-hetero) is 4. The number of thioether (sulfide) groups is 2. The lowest BCUT2D eigenvalue weighted by atomic mass is 9.87. The average Bonchev–Trinajstić information content (AvgIpc) is 3.36. The van der Waals surface area contributed by atoms with Crippen LogP contribution in [-0.2, 0) is 54.3 Å². The van der Waals surface area contributed by atoms with Crippen molar-refractivity contribution in [1.82, 2.24) is 26.6 Å². The van der Waals surface area contributed by atoms with Crippen LogP contribution >= 0.6 is 23.5 Å². The lowest BCUT2D eigenvalue weighted by molar-refractivity contribution is -0.130. The molecule has 6 atom stereocenters. The summed E-state index contributed by atoms with van der Waals surface area (Å²) >= 11 is 2.84. The molecule has 2 rings (SSSR count). The van der Waals surface area contributed by atoms with E-state index in [0.717, 1.165) is 5.56 Å². The van der Waals surface area contributed by atoms with Crippen molar-refractivity contribution in [3.8, 4) is 5.75 Å². The maximum Gasteiger partial charge on any atom is 0.234 e. The van der Waals surface area contributed by atoms with Gasteiger partial charge in [0.05, 0.1) is 56.0 Å². The number of nitrogens with one attached hydrogen (secondary N) is 5. The Bertz CT molecular complexity index is 1890. The third-order valence-electron chi connectivity index (χ3n) is 12.9. The quantitative estimate of drug-likeness (QED) is 0.0277. The van der Waals surface area contributed by atoms with Gasteiger partial charge in [-0.05, 0) is 106 Å². The minimum absolute atomic E-state index is 0.00714. The molecule has 1 aliphatic heterocycles. The number of carbonyl (C=O) groups excluding carboxylic acids is 8. The second kappa shape index (κ2) is 39.8. The van der Waals surface area contributed by atoms with E-state index in [1.807, 2.05) is 20.1 Å². The minimum Gasteiger partial charge on any atom is -0.508 e. The molecule has 0 aromatic heterocycles. The predicted octanol–water partition coefficient (Wildman–Crippen LogP) is 2.49. The predicted molar refractivity (Wildman–Crippen MR) is 292 cm³/mol. The highest BCUT2D eigenvalue weighted by Gasteiger charge is 2.29. The van der Waals surface area contributed by atoms with Crippen LogP contribution in [0.1, 0.15) is 116 Å². The van der Waals surface area contributed by atoms with Gasteiger partial charge < -0.3 is 58.4 Å². The van der Waals surface area contributed by atoms with Crippen LogP contribution in [0.15, 0.2) is 29.3 Å². The van der Waals surface area contributed by atoms with Gasteiger partial charge in [-0.3, -0.25) is 43.3 Å². The molecule has 0 spiro atoms. The summed E-state index contributed by atoms with van der Waals surface area (Å²) in [5.74, 6) is -1.30. The van der Waals surface area contributed by atoms with Crippen molar-refractivity contribution in [3.05, 3.63) is 29.8 Å². The SMILES string of the molecule is CC[C@H](C)[C@@H]1NC(=O)CCNC(=O)CSCC[C@@H](C(=O)CC[C@@H](CCCN=C(N)N)CN[C@@H](Cc2ccc(O)cc2)C(N)=O)NCC(=O)[C@H](CCCCNC(=O)CCOCCOCCCC(=O)CSC)CCC1=O. The number of unbranched alkanes of at least 4 members (excludes halogenated alkanes) is 1. The number of carbonyl (C=O) groups is 8. The number of hydrogen-bond donors (Lipinski definition) is 9. The molecule has 4 amide bonds. The second-order valence-electron chi connectivity index (χ2n) is 18.9. The lowest BCUT2D eigenvalue weighted by Crippen LogP contribution is -2.46.